The Morgan fingerprint density at radius 2 is 1.81 bits per heavy atom. The van der Waals surface area contributed by atoms with Crippen LogP contribution >= 0.6 is 24.8 Å². The molecule has 1 N–H and O–H groups in total. The predicted molar refractivity (Wildman–Crippen MR) is 114 cm³/mol. The Morgan fingerprint density at radius 3 is 2.46 bits per heavy atom. The summed E-state index contributed by atoms with van der Waals surface area (Å²) >= 11 is 0. The van der Waals surface area contributed by atoms with E-state index in [9.17, 15) is 0 Å². The lowest BCUT2D eigenvalue weighted by atomic mass is 9.70. The zero-order valence-corrected chi connectivity index (χ0v) is 17.8. The first kappa shape index (κ1) is 22.9. The maximum atomic E-state index is 5.95. The van der Waals surface area contributed by atoms with Gasteiger partial charge in [0.2, 0.25) is 0 Å². The maximum absolute atomic E-state index is 5.95. The SMILES string of the molecule is CN(C)CCOC1=CCC2C(=C1)NC(C)(C)CC2c1ccccc1.Cl.Cl. The van der Waals surface area contributed by atoms with Gasteiger partial charge in [0, 0.05) is 23.7 Å². The smallest absolute Gasteiger partial charge is 0.117 e. The van der Waals surface area contributed by atoms with Gasteiger partial charge >= 0.3 is 0 Å². The molecule has 2 unspecified atom stereocenters. The number of ether oxygens (including phenoxy) is 1. The number of nitrogens with zero attached hydrogens (tertiary/aromatic N) is 1. The molecule has 3 rings (SSSR count). The number of halogens is 2. The van der Waals surface area contributed by atoms with E-state index in [1.165, 1.54) is 11.3 Å². The Kier molecular flexibility index (Phi) is 8.52. The van der Waals surface area contributed by atoms with Gasteiger partial charge in [-0.05, 0) is 64.4 Å². The van der Waals surface area contributed by atoms with Crippen LogP contribution in [0.2, 0.25) is 0 Å². The van der Waals surface area contributed by atoms with Gasteiger partial charge in [0.05, 0.1) is 0 Å². The van der Waals surface area contributed by atoms with Crippen LogP contribution in [0.1, 0.15) is 38.2 Å². The van der Waals surface area contributed by atoms with Crippen molar-refractivity contribution in [3.05, 3.63) is 59.5 Å². The molecular formula is C21H32Cl2N2O. The molecule has 1 aromatic carbocycles. The topological polar surface area (TPSA) is 24.5 Å². The van der Waals surface area contributed by atoms with Crippen LogP contribution < -0.4 is 5.32 Å². The number of rotatable bonds is 5. The van der Waals surface area contributed by atoms with Gasteiger partial charge in [0.1, 0.15) is 12.4 Å². The summed E-state index contributed by atoms with van der Waals surface area (Å²) in [5.41, 5.74) is 2.89. The molecule has 2 atom stereocenters. The van der Waals surface area contributed by atoms with E-state index in [2.05, 4.69) is 80.6 Å². The Morgan fingerprint density at radius 1 is 1.12 bits per heavy atom. The molecule has 26 heavy (non-hydrogen) atoms. The van der Waals surface area contributed by atoms with Crippen LogP contribution in [0.3, 0.4) is 0 Å². The van der Waals surface area contributed by atoms with Crippen molar-refractivity contribution in [2.45, 2.75) is 38.1 Å². The molecule has 1 saturated heterocycles. The summed E-state index contributed by atoms with van der Waals surface area (Å²) in [7, 11) is 4.14. The van der Waals surface area contributed by atoms with E-state index >= 15 is 0 Å². The quantitative estimate of drug-likeness (QED) is 0.773. The van der Waals surface area contributed by atoms with Crippen molar-refractivity contribution >= 4 is 24.8 Å². The highest BCUT2D eigenvalue weighted by Gasteiger charge is 2.39. The lowest BCUT2D eigenvalue weighted by molar-refractivity contribution is 0.184. The second-order valence-corrected chi connectivity index (χ2v) is 7.93. The second-order valence-electron chi connectivity index (χ2n) is 7.93. The molecule has 2 aliphatic rings. The third-order valence-electron chi connectivity index (χ3n) is 5.00. The molecule has 0 amide bonds. The Hall–Kier alpha value is -1.16. The molecule has 0 spiro atoms. The number of fused-ring (bicyclic) bond motifs is 1. The van der Waals surface area contributed by atoms with E-state index in [-0.39, 0.29) is 30.4 Å². The second kappa shape index (κ2) is 9.68. The molecular weight excluding hydrogens is 367 g/mol. The monoisotopic (exact) mass is 398 g/mol. The molecule has 1 aromatic rings. The van der Waals surface area contributed by atoms with Gasteiger partial charge in [-0.15, -0.1) is 24.8 Å². The Labute approximate surface area is 170 Å². The molecule has 5 heteroatoms. The fraction of sp³-hybridized carbons (Fsp3) is 0.524. The molecule has 1 heterocycles. The first-order valence-electron chi connectivity index (χ1n) is 8.97. The van der Waals surface area contributed by atoms with Crippen LogP contribution in [0.25, 0.3) is 0 Å². The van der Waals surface area contributed by atoms with Crippen LogP contribution in [0.5, 0.6) is 0 Å². The number of likely N-dealkylation sites (N-methyl/N-ethyl adjacent to an activating group) is 1. The highest BCUT2D eigenvalue weighted by Crippen LogP contribution is 2.44. The minimum absolute atomic E-state index is 0. The standard InChI is InChI=1S/C21H30N2O.2ClH/c1-21(2)15-19(16-8-6-5-7-9-16)18-11-10-17(14-20(18)22-21)24-13-12-23(3)4;;/h5-10,14,18-19,22H,11-13,15H2,1-4H3;2*1H. The summed E-state index contributed by atoms with van der Waals surface area (Å²) in [4.78, 5) is 2.15. The van der Waals surface area contributed by atoms with E-state index in [4.69, 9.17) is 4.74 Å². The van der Waals surface area contributed by atoms with Gasteiger partial charge in [-0.2, -0.15) is 0 Å². The van der Waals surface area contributed by atoms with Crippen LogP contribution in [0.4, 0.5) is 0 Å². The first-order chi connectivity index (χ1) is 11.4. The summed E-state index contributed by atoms with van der Waals surface area (Å²) in [6.45, 7) is 6.27. The van der Waals surface area contributed by atoms with E-state index in [0.29, 0.717) is 11.8 Å². The highest BCUT2D eigenvalue weighted by atomic mass is 35.5. The number of benzene rings is 1. The van der Waals surface area contributed by atoms with Crippen LogP contribution in [0.15, 0.2) is 53.9 Å². The molecule has 0 bridgehead atoms. The molecule has 0 saturated carbocycles. The molecule has 1 aliphatic carbocycles. The summed E-state index contributed by atoms with van der Waals surface area (Å²) in [5, 5.41) is 3.75. The number of piperidine rings is 1. The van der Waals surface area contributed by atoms with Gasteiger partial charge in [0.15, 0.2) is 0 Å². The van der Waals surface area contributed by atoms with Gasteiger partial charge in [-0.3, -0.25) is 0 Å². The number of hydrogen-bond donors (Lipinski definition) is 1. The van der Waals surface area contributed by atoms with Crippen molar-refractivity contribution in [1.29, 1.82) is 0 Å². The molecule has 146 valence electrons. The molecule has 3 nitrogen and oxygen atoms in total. The van der Waals surface area contributed by atoms with Crippen molar-refractivity contribution in [1.82, 2.24) is 10.2 Å². The van der Waals surface area contributed by atoms with Gasteiger partial charge in [-0.1, -0.05) is 30.3 Å². The third kappa shape index (κ3) is 5.67. The highest BCUT2D eigenvalue weighted by molar-refractivity contribution is 5.85. The summed E-state index contributed by atoms with van der Waals surface area (Å²) in [6.07, 6.45) is 6.69. The van der Waals surface area contributed by atoms with Crippen LogP contribution in [-0.2, 0) is 4.74 Å². The van der Waals surface area contributed by atoms with E-state index < -0.39 is 0 Å². The third-order valence-corrected chi connectivity index (χ3v) is 5.00. The number of hydrogen-bond acceptors (Lipinski definition) is 3. The van der Waals surface area contributed by atoms with Gasteiger partial charge in [0.25, 0.3) is 0 Å². The van der Waals surface area contributed by atoms with Crippen LogP contribution in [-0.4, -0.2) is 37.7 Å². The van der Waals surface area contributed by atoms with Crippen molar-refractivity contribution in [3.63, 3.8) is 0 Å². The fourth-order valence-electron chi connectivity index (χ4n) is 3.83. The molecule has 0 radical (unpaired) electrons. The number of nitrogens with one attached hydrogen (secondary N) is 1. The Balaban J connectivity index is 0.00000169. The zero-order valence-electron chi connectivity index (χ0n) is 16.2. The lowest BCUT2D eigenvalue weighted by Crippen LogP contribution is -2.48. The van der Waals surface area contributed by atoms with Crippen molar-refractivity contribution < 1.29 is 4.74 Å². The van der Waals surface area contributed by atoms with E-state index in [1.54, 1.807) is 0 Å². The first-order valence-corrected chi connectivity index (χ1v) is 8.97. The van der Waals surface area contributed by atoms with Gasteiger partial charge < -0.3 is 15.0 Å². The maximum Gasteiger partial charge on any atom is 0.117 e. The van der Waals surface area contributed by atoms with Crippen molar-refractivity contribution in [3.8, 4) is 0 Å². The summed E-state index contributed by atoms with van der Waals surface area (Å²) in [6, 6.07) is 11.0. The minimum Gasteiger partial charge on any atom is -0.493 e. The van der Waals surface area contributed by atoms with E-state index in [0.717, 1.165) is 31.8 Å². The normalized spacial score (nSPS) is 23.4. The fourth-order valence-corrected chi connectivity index (χ4v) is 3.83. The van der Waals surface area contributed by atoms with Crippen molar-refractivity contribution in [2.24, 2.45) is 5.92 Å². The van der Waals surface area contributed by atoms with Gasteiger partial charge in [-0.25, -0.2) is 0 Å². The Bertz CT molecular complexity index is 626. The zero-order chi connectivity index (χ0) is 17.2. The average Bonchev–Trinajstić information content (AvgIpc) is 2.53. The van der Waals surface area contributed by atoms with Crippen LogP contribution in [0, 0.1) is 5.92 Å². The number of allylic oxidation sites excluding steroid dienone is 3. The van der Waals surface area contributed by atoms with E-state index in [1.807, 2.05) is 0 Å². The molecule has 0 aromatic heterocycles. The average molecular weight is 399 g/mol. The molecule has 1 aliphatic heterocycles. The lowest BCUT2D eigenvalue weighted by Gasteiger charge is -2.45. The summed E-state index contributed by atoms with van der Waals surface area (Å²) in [5.74, 6) is 2.11. The summed E-state index contributed by atoms with van der Waals surface area (Å²) < 4.78 is 5.95. The minimum atomic E-state index is 0. The predicted octanol–water partition coefficient (Wildman–Crippen LogP) is 4.75. The van der Waals surface area contributed by atoms with Crippen molar-refractivity contribution in [2.75, 3.05) is 27.2 Å². The largest absolute Gasteiger partial charge is 0.493 e. The molecule has 1 fully saturated rings.